The van der Waals surface area contributed by atoms with Crippen LogP contribution < -0.4 is 10.1 Å². The molecule has 1 N–H and O–H groups in total. The van der Waals surface area contributed by atoms with Crippen LogP contribution >= 0.6 is 23.5 Å². The average molecular weight is 401 g/mol. The zero-order chi connectivity index (χ0) is 18.5. The number of amides is 1. The Balaban J connectivity index is 1.26. The molecule has 1 aliphatic heterocycles. The molecule has 1 amide bonds. The molecule has 4 rings (SSSR count). The lowest BCUT2D eigenvalue weighted by molar-refractivity contribution is -0.123. The van der Waals surface area contributed by atoms with Crippen molar-refractivity contribution in [3.8, 4) is 5.75 Å². The van der Waals surface area contributed by atoms with Gasteiger partial charge in [-0.2, -0.15) is 0 Å². The Labute approximate surface area is 166 Å². The standard InChI is InChI=1S/C19H20N4O2S2/c24-18(20-12-17-22-21-16-4-1-2-9-23(16)17)13-25-15-7-5-14(6-8-15)19-26-10-3-11-27-19/h1-2,4-9,19H,3,10-13H2,(H,20,24). The number of carbonyl (C=O) groups is 1. The molecular weight excluding hydrogens is 380 g/mol. The van der Waals surface area contributed by atoms with Crippen LogP contribution in [-0.4, -0.2) is 38.6 Å². The lowest BCUT2D eigenvalue weighted by atomic mass is 10.2. The predicted molar refractivity (Wildman–Crippen MR) is 109 cm³/mol. The number of hydrogen-bond donors (Lipinski definition) is 1. The van der Waals surface area contributed by atoms with Gasteiger partial charge in [0.2, 0.25) is 0 Å². The van der Waals surface area contributed by atoms with Crippen LogP contribution in [0.4, 0.5) is 0 Å². The smallest absolute Gasteiger partial charge is 0.258 e. The molecule has 0 spiro atoms. The van der Waals surface area contributed by atoms with Gasteiger partial charge in [0.25, 0.3) is 5.91 Å². The Hall–Kier alpha value is -2.19. The zero-order valence-electron chi connectivity index (χ0n) is 14.7. The number of nitrogens with one attached hydrogen (secondary N) is 1. The molecule has 3 aromatic rings. The number of thioether (sulfide) groups is 2. The molecule has 0 bridgehead atoms. The highest BCUT2D eigenvalue weighted by Crippen LogP contribution is 2.43. The van der Waals surface area contributed by atoms with Crippen LogP contribution in [0.15, 0.2) is 48.7 Å². The predicted octanol–water partition coefficient (Wildman–Crippen LogP) is 3.29. The molecule has 0 aliphatic carbocycles. The highest BCUT2D eigenvalue weighted by atomic mass is 32.2. The van der Waals surface area contributed by atoms with E-state index in [1.807, 2.05) is 64.5 Å². The molecule has 0 radical (unpaired) electrons. The van der Waals surface area contributed by atoms with Crippen molar-refractivity contribution >= 4 is 35.1 Å². The van der Waals surface area contributed by atoms with Crippen LogP contribution in [-0.2, 0) is 11.3 Å². The number of aromatic nitrogens is 3. The second-order valence-corrected chi connectivity index (χ2v) is 8.83. The molecular formula is C19H20N4O2S2. The van der Waals surface area contributed by atoms with Gasteiger partial charge in [-0.25, -0.2) is 0 Å². The average Bonchev–Trinajstić information content (AvgIpc) is 3.15. The summed E-state index contributed by atoms with van der Waals surface area (Å²) in [6, 6.07) is 13.7. The maximum Gasteiger partial charge on any atom is 0.258 e. The molecule has 0 atom stereocenters. The number of carbonyl (C=O) groups excluding carboxylic acids is 1. The van der Waals surface area contributed by atoms with E-state index in [4.69, 9.17) is 4.74 Å². The molecule has 1 saturated heterocycles. The van der Waals surface area contributed by atoms with Gasteiger partial charge in [-0.15, -0.1) is 33.7 Å². The Morgan fingerprint density at radius 2 is 1.96 bits per heavy atom. The Morgan fingerprint density at radius 3 is 2.78 bits per heavy atom. The van der Waals surface area contributed by atoms with Crippen LogP contribution in [0.25, 0.3) is 5.65 Å². The van der Waals surface area contributed by atoms with Crippen LogP contribution in [0.2, 0.25) is 0 Å². The third kappa shape index (κ3) is 4.56. The van der Waals surface area contributed by atoms with Crippen molar-refractivity contribution in [2.24, 2.45) is 0 Å². The largest absolute Gasteiger partial charge is 0.484 e. The quantitative estimate of drug-likeness (QED) is 0.685. The van der Waals surface area contributed by atoms with Gasteiger partial charge in [0, 0.05) is 6.20 Å². The van der Waals surface area contributed by atoms with E-state index in [2.05, 4.69) is 27.6 Å². The van der Waals surface area contributed by atoms with E-state index in [1.165, 1.54) is 23.5 Å². The summed E-state index contributed by atoms with van der Waals surface area (Å²) in [7, 11) is 0. The minimum Gasteiger partial charge on any atom is -0.484 e. The van der Waals surface area contributed by atoms with E-state index in [0.717, 1.165) is 5.65 Å². The fourth-order valence-electron chi connectivity index (χ4n) is 2.79. The van der Waals surface area contributed by atoms with Crippen LogP contribution in [0.3, 0.4) is 0 Å². The second kappa shape index (κ2) is 8.67. The van der Waals surface area contributed by atoms with Crippen molar-refractivity contribution in [2.75, 3.05) is 18.1 Å². The van der Waals surface area contributed by atoms with Crippen molar-refractivity contribution in [1.82, 2.24) is 19.9 Å². The third-order valence-electron chi connectivity index (χ3n) is 4.18. The van der Waals surface area contributed by atoms with Gasteiger partial charge in [-0.3, -0.25) is 9.20 Å². The van der Waals surface area contributed by atoms with Crippen molar-refractivity contribution in [3.63, 3.8) is 0 Å². The van der Waals surface area contributed by atoms with Gasteiger partial charge in [-0.1, -0.05) is 18.2 Å². The van der Waals surface area contributed by atoms with Gasteiger partial charge < -0.3 is 10.1 Å². The van der Waals surface area contributed by atoms with Crippen LogP contribution in [0.5, 0.6) is 5.75 Å². The topological polar surface area (TPSA) is 68.5 Å². The number of hydrogen-bond acceptors (Lipinski definition) is 6. The monoisotopic (exact) mass is 400 g/mol. The van der Waals surface area contributed by atoms with E-state index in [-0.39, 0.29) is 12.5 Å². The first-order valence-electron chi connectivity index (χ1n) is 8.81. The van der Waals surface area contributed by atoms with Gasteiger partial charge in [0.1, 0.15) is 5.75 Å². The molecule has 27 heavy (non-hydrogen) atoms. The van der Waals surface area contributed by atoms with E-state index < -0.39 is 0 Å². The Bertz CT molecular complexity index is 907. The summed E-state index contributed by atoms with van der Waals surface area (Å²) < 4.78 is 7.96. The van der Waals surface area contributed by atoms with E-state index >= 15 is 0 Å². The van der Waals surface area contributed by atoms with Gasteiger partial charge in [-0.05, 0) is 47.8 Å². The second-order valence-electron chi connectivity index (χ2n) is 6.11. The lowest BCUT2D eigenvalue weighted by Crippen LogP contribution is -2.29. The number of rotatable bonds is 6. The van der Waals surface area contributed by atoms with Crippen molar-refractivity contribution in [3.05, 3.63) is 60.0 Å². The number of fused-ring (bicyclic) bond motifs is 1. The molecule has 1 fully saturated rings. The number of benzene rings is 1. The molecule has 6 nitrogen and oxygen atoms in total. The number of nitrogens with zero attached hydrogens (tertiary/aromatic N) is 3. The minimum absolute atomic E-state index is 0.0248. The normalized spacial score (nSPS) is 15.0. The van der Waals surface area contributed by atoms with E-state index in [0.29, 0.717) is 22.7 Å². The number of pyridine rings is 1. The molecule has 3 heterocycles. The highest BCUT2D eigenvalue weighted by molar-refractivity contribution is 8.16. The molecule has 0 unspecified atom stereocenters. The summed E-state index contributed by atoms with van der Waals surface area (Å²) in [6.07, 6.45) is 3.16. The molecule has 2 aromatic heterocycles. The summed E-state index contributed by atoms with van der Waals surface area (Å²) in [6.45, 7) is 0.283. The van der Waals surface area contributed by atoms with E-state index in [1.54, 1.807) is 0 Å². The SMILES string of the molecule is O=C(COc1ccc(C2SCCCS2)cc1)NCc1nnc2ccccn12. The van der Waals surface area contributed by atoms with Crippen molar-refractivity contribution in [2.45, 2.75) is 17.5 Å². The summed E-state index contributed by atoms with van der Waals surface area (Å²) >= 11 is 3.98. The van der Waals surface area contributed by atoms with E-state index in [9.17, 15) is 4.79 Å². The summed E-state index contributed by atoms with van der Waals surface area (Å²) in [5.74, 6) is 3.64. The summed E-state index contributed by atoms with van der Waals surface area (Å²) in [5, 5.41) is 11.0. The lowest BCUT2D eigenvalue weighted by Gasteiger charge is -2.21. The third-order valence-corrected chi connectivity index (χ3v) is 7.19. The van der Waals surface area contributed by atoms with Crippen molar-refractivity contribution in [1.29, 1.82) is 0 Å². The van der Waals surface area contributed by atoms with Gasteiger partial charge >= 0.3 is 0 Å². The first-order chi connectivity index (χ1) is 13.3. The molecule has 140 valence electrons. The first-order valence-corrected chi connectivity index (χ1v) is 10.9. The van der Waals surface area contributed by atoms with Gasteiger partial charge in [0.15, 0.2) is 18.1 Å². The zero-order valence-corrected chi connectivity index (χ0v) is 16.3. The Morgan fingerprint density at radius 1 is 1.15 bits per heavy atom. The molecule has 8 heteroatoms. The molecule has 0 saturated carbocycles. The molecule has 1 aromatic carbocycles. The maximum atomic E-state index is 12.1. The fraction of sp³-hybridized carbons (Fsp3) is 0.316. The van der Waals surface area contributed by atoms with Crippen LogP contribution in [0.1, 0.15) is 22.4 Å². The number of ether oxygens (including phenoxy) is 1. The van der Waals surface area contributed by atoms with Crippen LogP contribution in [0, 0.1) is 0 Å². The highest BCUT2D eigenvalue weighted by Gasteiger charge is 2.16. The van der Waals surface area contributed by atoms with Crippen molar-refractivity contribution < 1.29 is 9.53 Å². The summed E-state index contributed by atoms with van der Waals surface area (Å²) in [4.78, 5) is 12.1. The molecule has 1 aliphatic rings. The Kier molecular flexibility index (Phi) is 5.84. The first kappa shape index (κ1) is 18.2. The fourth-order valence-corrected chi connectivity index (χ4v) is 5.68. The van der Waals surface area contributed by atoms with Gasteiger partial charge in [0.05, 0.1) is 11.1 Å². The maximum absolute atomic E-state index is 12.1. The minimum atomic E-state index is -0.190. The summed E-state index contributed by atoms with van der Waals surface area (Å²) in [5.41, 5.74) is 2.06.